The Morgan fingerprint density at radius 3 is 2.50 bits per heavy atom. The molecule has 0 spiro atoms. The summed E-state index contributed by atoms with van der Waals surface area (Å²) in [5.74, 6) is -0.717. The van der Waals surface area contributed by atoms with E-state index in [2.05, 4.69) is 11.3 Å². The van der Waals surface area contributed by atoms with Crippen LogP contribution < -0.4 is 0 Å². The minimum atomic E-state index is -3.60. The zero-order chi connectivity index (χ0) is 13.6. The zero-order valence-corrected chi connectivity index (χ0v) is 10.8. The maximum absolute atomic E-state index is 11.8. The van der Waals surface area contributed by atoms with Crippen molar-refractivity contribution in [1.29, 1.82) is 0 Å². The first kappa shape index (κ1) is 14.2. The SMILES string of the molecule is C=CCOC(=O)/C=C/S(=O)(=O)c1ccc(C)cc1. The van der Waals surface area contributed by atoms with Crippen LogP contribution in [0.25, 0.3) is 0 Å². The number of rotatable bonds is 5. The fourth-order valence-electron chi connectivity index (χ4n) is 1.14. The van der Waals surface area contributed by atoms with Gasteiger partial charge in [-0.25, -0.2) is 13.2 Å². The number of sulfone groups is 1. The van der Waals surface area contributed by atoms with Crippen LogP contribution in [0.1, 0.15) is 5.56 Å². The van der Waals surface area contributed by atoms with Crippen molar-refractivity contribution < 1.29 is 17.9 Å². The lowest BCUT2D eigenvalue weighted by Crippen LogP contribution is -2.02. The second-order valence-electron chi connectivity index (χ2n) is 3.58. The van der Waals surface area contributed by atoms with Gasteiger partial charge in [0.15, 0.2) is 9.84 Å². The molecule has 0 saturated carbocycles. The Hall–Kier alpha value is -1.88. The highest BCUT2D eigenvalue weighted by Gasteiger charge is 2.10. The summed E-state index contributed by atoms with van der Waals surface area (Å²) in [6, 6.07) is 6.36. The summed E-state index contributed by atoms with van der Waals surface area (Å²) in [4.78, 5) is 11.3. The van der Waals surface area contributed by atoms with Crippen molar-refractivity contribution in [3.8, 4) is 0 Å². The molecule has 1 rings (SSSR count). The van der Waals surface area contributed by atoms with Crippen molar-refractivity contribution in [2.45, 2.75) is 11.8 Å². The topological polar surface area (TPSA) is 60.4 Å². The van der Waals surface area contributed by atoms with Crippen molar-refractivity contribution in [2.24, 2.45) is 0 Å². The van der Waals surface area contributed by atoms with E-state index in [1.54, 1.807) is 12.1 Å². The molecule has 4 nitrogen and oxygen atoms in total. The molecule has 18 heavy (non-hydrogen) atoms. The first-order valence-corrected chi connectivity index (χ1v) is 6.78. The normalized spacial score (nSPS) is 11.4. The molecule has 0 unspecified atom stereocenters. The van der Waals surface area contributed by atoms with Gasteiger partial charge in [-0.15, -0.1) is 0 Å². The Balaban J connectivity index is 2.82. The van der Waals surface area contributed by atoms with Crippen molar-refractivity contribution in [1.82, 2.24) is 0 Å². The van der Waals surface area contributed by atoms with E-state index in [1.807, 2.05) is 6.92 Å². The van der Waals surface area contributed by atoms with Gasteiger partial charge in [-0.1, -0.05) is 30.4 Å². The van der Waals surface area contributed by atoms with E-state index < -0.39 is 15.8 Å². The minimum absolute atomic E-state index is 0.0494. The quantitative estimate of drug-likeness (QED) is 0.464. The molecule has 0 aromatic heterocycles. The summed E-state index contributed by atoms with van der Waals surface area (Å²) in [5.41, 5.74) is 0.961. The molecule has 0 amide bonds. The largest absolute Gasteiger partial charge is 0.458 e. The summed E-state index contributed by atoms with van der Waals surface area (Å²) in [5, 5.41) is 0.836. The van der Waals surface area contributed by atoms with Crippen molar-refractivity contribution in [3.05, 3.63) is 54.0 Å². The van der Waals surface area contributed by atoms with Crippen LogP contribution >= 0.6 is 0 Å². The molecule has 0 fully saturated rings. The Bertz CT molecular complexity index is 553. The predicted octanol–water partition coefficient (Wildman–Crippen LogP) is 2.01. The van der Waals surface area contributed by atoms with E-state index in [4.69, 9.17) is 0 Å². The average molecular weight is 266 g/mol. The maximum atomic E-state index is 11.8. The lowest BCUT2D eigenvalue weighted by molar-refractivity contribution is -0.136. The highest BCUT2D eigenvalue weighted by molar-refractivity contribution is 7.94. The van der Waals surface area contributed by atoms with Crippen LogP contribution in [-0.4, -0.2) is 21.0 Å². The summed E-state index contributed by atoms with van der Waals surface area (Å²) >= 11 is 0. The van der Waals surface area contributed by atoms with Crippen LogP contribution in [0.3, 0.4) is 0 Å². The Morgan fingerprint density at radius 2 is 1.94 bits per heavy atom. The molecular weight excluding hydrogens is 252 g/mol. The summed E-state index contributed by atoms with van der Waals surface area (Å²) in [7, 11) is -3.60. The molecule has 0 N–H and O–H groups in total. The Morgan fingerprint density at radius 1 is 1.33 bits per heavy atom. The summed E-state index contributed by atoms with van der Waals surface area (Å²) in [6.45, 7) is 5.29. The van der Waals surface area contributed by atoms with Crippen LogP contribution in [-0.2, 0) is 19.4 Å². The molecule has 96 valence electrons. The fourth-order valence-corrected chi connectivity index (χ4v) is 2.10. The number of carbonyl (C=O) groups is 1. The van der Waals surface area contributed by atoms with Crippen molar-refractivity contribution in [2.75, 3.05) is 6.61 Å². The molecule has 0 atom stereocenters. The van der Waals surface area contributed by atoms with Crippen LogP contribution in [0.4, 0.5) is 0 Å². The Kier molecular flexibility index (Phi) is 4.85. The van der Waals surface area contributed by atoms with E-state index >= 15 is 0 Å². The molecule has 1 aromatic rings. The number of carbonyl (C=O) groups excluding carboxylic acids is 1. The summed E-state index contributed by atoms with van der Waals surface area (Å²) < 4.78 is 28.2. The van der Waals surface area contributed by atoms with Gasteiger partial charge in [0.2, 0.25) is 0 Å². The van der Waals surface area contributed by atoms with Crippen molar-refractivity contribution in [3.63, 3.8) is 0 Å². The van der Waals surface area contributed by atoms with Gasteiger partial charge >= 0.3 is 5.97 Å². The van der Waals surface area contributed by atoms with E-state index in [9.17, 15) is 13.2 Å². The van der Waals surface area contributed by atoms with Gasteiger partial charge in [-0.05, 0) is 19.1 Å². The molecule has 0 aliphatic heterocycles. The molecule has 0 radical (unpaired) electrons. The lowest BCUT2D eigenvalue weighted by atomic mass is 10.2. The van der Waals surface area contributed by atoms with Gasteiger partial charge in [0.1, 0.15) is 6.61 Å². The van der Waals surface area contributed by atoms with Crippen LogP contribution in [0.15, 0.2) is 53.3 Å². The highest BCUT2D eigenvalue weighted by atomic mass is 32.2. The smallest absolute Gasteiger partial charge is 0.331 e. The summed E-state index contributed by atoms with van der Waals surface area (Å²) in [6.07, 6.45) is 2.29. The van der Waals surface area contributed by atoms with Gasteiger partial charge in [0.25, 0.3) is 0 Å². The lowest BCUT2D eigenvalue weighted by Gasteiger charge is -2.00. The highest BCUT2D eigenvalue weighted by Crippen LogP contribution is 2.13. The average Bonchev–Trinajstić information content (AvgIpc) is 2.34. The van der Waals surface area contributed by atoms with E-state index in [1.165, 1.54) is 18.2 Å². The van der Waals surface area contributed by atoms with Gasteiger partial charge < -0.3 is 4.74 Å². The molecule has 5 heteroatoms. The fraction of sp³-hybridized carbons (Fsp3) is 0.154. The molecule has 0 bridgehead atoms. The molecule has 0 saturated heterocycles. The third-order valence-corrected chi connectivity index (χ3v) is 3.50. The van der Waals surface area contributed by atoms with E-state index in [0.717, 1.165) is 17.0 Å². The van der Waals surface area contributed by atoms with E-state index in [-0.39, 0.29) is 11.5 Å². The molecule has 1 aromatic carbocycles. The third kappa shape index (κ3) is 4.18. The first-order valence-electron chi connectivity index (χ1n) is 5.23. The van der Waals surface area contributed by atoms with Gasteiger partial charge in [-0.2, -0.15) is 0 Å². The van der Waals surface area contributed by atoms with Gasteiger partial charge in [0.05, 0.1) is 4.90 Å². The number of ether oxygens (including phenoxy) is 1. The number of benzene rings is 1. The van der Waals surface area contributed by atoms with Crippen molar-refractivity contribution >= 4 is 15.8 Å². The Labute approximate surface area is 107 Å². The van der Waals surface area contributed by atoms with Crippen LogP contribution in [0.5, 0.6) is 0 Å². The second kappa shape index (κ2) is 6.16. The first-order chi connectivity index (χ1) is 8.45. The number of hydrogen-bond acceptors (Lipinski definition) is 4. The van der Waals surface area contributed by atoms with Crippen LogP contribution in [0.2, 0.25) is 0 Å². The van der Waals surface area contributed by atoms with E-state index in [0.29, 0.717) is 0 Å². The molecule has 0 aliphatic carbocycles. The standard InChI is InChI=1S/C13H14O4S/c1-3-9-17-13(14)8-10-18(15,16)12-6-4-11(2)5-7-12/h3-8,10H,1,9H2,2H3/b10-8+. The monoisotopic (exact) mass is 266 g/mol. The second-order valence-corrected chi connectivity index (χ2v) is 5.41. The number of hydrogen-bond donors (Lipinski definition) is 0. The maximum Gasteiger partial charge on any atom is 0.331 e. The number of esters is 1. The molecular formula is C13H14O4S. The van der Waals surface area contributed by atoms with Gasteiger partial charge in [0, 0.05) is 11.5 Å². The molecule has 0 aliphatic rings. The predicted molar refractivity (Wildman–Crippen MR) is 68.7 cm³/mol. The van der Waals surface area contributed by atoms with Gasteiger partial charge in [-0.3, -0.25) is 0 Å². The number of aryl methyl sites for hydroxylation is 1. The van der Waals surface area contributed by atoms with Crippen LogP contribution in [0, 0.1) is 6.92 Å². The molecule has 0 heterocycles. The third-order valence-electron chi connectivity index (χ3n) is 2.08. The zero-order valence-electron chi connectivity index (χ0n) is 10.00. The minimum Gasteiger partial charge on any atom is -0.458 e.